The van der Waals surface area contributed by atoms with Gasteiger partial charge in [0.15, 0.2) is 0 Å². The van der Waals surface area contributed by atoms with Crippen LogP contribution in [0.5, 0.6) is 5.75 Å². The molecule has 178 valence electrons. The molecule has 32 heavy (non-hydrogen) atoms. The number of amides is 3. The normalized spacial score (nSPS) is 13.7. The van der Waals surface area contributed by atoms with Gasteiger partial charge in [0.05, 0.1) is 12.6 Å². The predicted octanol–water partition coefficient (Wildman–Crippen LogP) is -0.158. The molecule has 0 bridgehead atoms. The first-order chi connectivity index (χ1) is 15.0. The van der Waals surface area contributed by atoms with E-state index in [-0.39, 0.29) is 24.5 Å². The van der Waals surface area contributed by atoms with Crippen LogP contribution in [0.2, 0.25) is 0 Å². The van der Waals surface area contributed by atoms with E-state index >= 15 is 0 Å². The zero-order valence-corrected chi connectivity index (χ0v) is 19.3. The van der Waals surface area contributed by atoms with E-state index in [1.807, 2.05) is 6.26 Å². The fraction of sp³-hybridized carbons (Fsp3) is 0.524. The van der Waals surface area contributed by atoms with Crippen molar-refractivity contribution in [2.75, 3.05) is 18.6 Å². The van der Waals surface area contributed by atoms with Gasteiger partial charge in [-0.1, -0.05) is 26.0 Å². The summed E-state index contributed by atoms with van der Waals surface area (Å²) in [6.07, 6.45) is 2.19. The molecule has 0 spiro atoms. The standard InChI is InChI=1S/C21H32N4O6S/c1-12(2)18(22)20(29)25-16(10-13-4-6-14(26)7-5-13)19(28)23-11-17(27)24-15(21(30)31)8-9-32-3/h4-7,12,15-16,18,26H,8-11,22H2,1-3H3,(H,23,28)(H,24,27)(H,25,29)(H,30,31). The Balaban J connectivity index is 2.80. The van der Waals surface area contributed by atoms with Gasteiger partial charge in [0.1, 0.15) is 17.8 Å². The number of phenols is 1. The van der Waals surface area contributed by atoms with E-state index in [4.69, 9.17) is 5.73 Å². The minimum Gasteiger partial charge on any atom is -0.508 e. The highest BCUT2D eigenvalue weighted by Gasteiger charge is 2.26. The maximum absolute atomic E-state index is 12.7. The van der Waals surface area contributed by atoms with E-state index < -0.39 is 48.4 Å². The number of carbonyl (C=O) groups excluding carboxylic acids is 3. The van der Waals surface area contributed by atoms with Crippen LogP contribution in [-0.2, 0) is 25.6 Å². The van der Waals surface area contributed by atoms with Crippen molar-refractivity contribution in [3.05, 3.63) is 29.8 Å². The second-order valence-corrected chi connectivity index (χ2v) is 8.64. The first-order valence-electron chi connectivity index (χ1n) is 10.2. The number of hydrogen-bond donors (Lipinski definition) is 6. The number of carboxylic acids is 1. The van der Waals surface area contributed by atoms with Gasteiger partial charge in [0, 0.05) is 6.42 Å². The summed E-state index contributed by atoms with van der Waals surface area (Å²) >= 11 is 1.46. The summed E-state index contributed by atoms with van der Waals surface area (Å²) in [5.41, 5.74) is 6.54. The van der Waals surface area contributed by atoms with Crippen molar-refractivity contribution in [1.29, 1.82) is 0 Å². The largest absolute Gasteiger partial charge is 0.508 e. The van der Waals surface area contributed by atoms with Gasteiger partial charge < -0.3 is 31.9 Å². The average molecular weight is 469 g/mol. The maximum atomic E-state index is 12.7. The molecule has 11 heteroatoms. The van der Waals surface area contributed by atoms with Crippen molar-refractivity contribution in [3.8, 4) is 5.75 Å². The van der Waals surface area contributed by atoms with Crippen molar-refractivity contribution in [2.45, 2.75) is 44.8 Å². The molecule has 1 aromatic carbocycles. The number of aromatic hydroxyl groups is 1. The van der Waals surface area contributed by atoms with Gasteiger partial charge in [-0.25, -0.2) is 4.79 Å². The van der Waals surface area contributed by atoms with E-state index in [2.05, 4.69) is 16.0 Å². The molecule has 7 N–H and O–H groups in total. The van der Waals surface area contributed by atoms with Crippen LogP contribution in [0.3, 0.4) is 0 Å². The van der Waals surface area contributed by atoms with Crippen molar-refractivity contribution >= 4 is 35.5 Å². The molecule has 3 unspecified atom stereocenters. The molecule has 0 aromatic heterocycles. The van der Waals surface area contributed by atoms with E-state index in [1.165, 1.54) is 23.9 Å². The second kappa shape index (κ2) is 13.6. The Labute approximate surface area is 191 Å². The fourth-order valence-corrected chi connectivity index (χ4v) is 3.15. The van der Waals surface area contributed by atoms with Crippen LogP contribution in [0, 0.1) is 5.92 Å². The van der Waals surface area contributed by atoms with E-state index in [1.54, 1.807) is 26.0 Å². The van der Waals surface area contributed by atoms with Crippen LogP contribution in [0.15, 0.2) is 24.3 Å². The summed E-state index contributed by atoms with van der Waals surface area (Å²) < 4.78 is 0. The molecular formula is C21H32N4O6S. The van der Waals surface area contributed by atoms with Crippen LogP contribution in [0.1, 0.15) is 25.8 Å². The lowest BCUT2D eigenvalue weighted by Crippen LogP contribution is -2.55. The van der Waals surface area contributed by atoms with Gasteiger partial charge in [-0.05, 0) is 42.0 Å². The van der Waals surface area contributed by atoms with Gasteiger partial charge in [0.2, 0.25) is 17.7 Å². The highest BCUT2D eigenvalue weighted by molar-refractivity contribution is 7.98. The smallest absolute Gasteiger partial charge is 0.326 e. The van der Waals surface area contributed by atoms with Crippen LogP contribution in [-0.4, -0.2) is 70.6 Å². The average Bonchev–Trinajstić information content (AvgIpc) is 2.74. The molecule has 0 saturated heterocycles. The van der Waals surface area contributed by atoms with Crippen LogP contribution < -0.4 is 21.7 Å². The molecule has 0 heterocycles. The third-order valence-electron chi connectivity index (χ3n) is 4.70. The van der Waals surface area contributed by atoms with E-state index in [9.17, 15) is 29.4 Å². The number of phenolic OH excluding ortho intramolecular Hbond substituents is 1. The number of carboxylic acid groups (broad SMARTS) is 1. The van der Waals surface area contributed by atoms with E-state index in [0.717, 1.165) is 0 Å². The zero-order chi connectivity index (χ0) is 24.3. The molecule has 0 aliphatic rings. The lowest BCUT2D eigenvalue weighted by molar-refractivity contribution is -0.141. The fourth-order valence-electron chi connectivity index (χ4n) is 2.68. The third-order valence-corrected chi connectivity index (χ3v) is 5.34. The highest BCUT2D eigenvalue weighted by Crippen LogP contribution is 2.12. The van der Waals surface area contributed by atoms with Gasteiger partial charge in [0.25, 0.3) is 0 Å². The van der Waals surface area contributed by atoms with Gasteiger partial charge >= 0.3 is 5.97 Å². The highest BCUT2D eigenvalue weighted by atomic mass is 32.2. The van der Waals surface area contributed by atoms with Gasteiger partial charge in [-0.2, -0.15) is 11.8 Å². The van der Waals surface area contributed by atoms with Crippen molar-refractivity contribution in [2.24, 2.45) is 11.7 Å². The monoisotopic (exact) mass is 468 g/mol. The molecule has 1 rings (SSSR count). The Kier molecular flexibility index (Phi) is 11.6. The summed E-state index contributed by atoms with van der Waals surface area (Å²) in [6.45, 7) is 3.11. The van der Waals surface area contributed by atoms with Crippen molar-refractivity contribution in [3.63, 3.8) is 0 Å². The van der Waals surface area contributed by atoms with Crippen LogP contribution in [0.25, 0.3) is 0 Å². The number of benzene rings is 1. The minimum atomic E-state index is -1.15. The molecule has 0 saturated carbocycles. The molecule has 10 nitrogen and oxygen atoms in total. The number of nitrogens with two attached hydrogens (primary N) is 1. The Morgan fingerprint density at radius 3 is 2.19 bits per heavy atom. The summed E-state index contributed by atoms with van der Waals surface area (Å²) in [5.74, 6) is -2.46. The number of carbonyl (C=O) groups is 4. The number of hydrogen-bond acceptors (Lipinski definition) is 7. The molecule has 0 aliphatic carbocycles. The second-order valence-electron chi connectivity index (χ2n) is 7.66. The van der Waals surface area contributed by atoms with Crippen LogP contribution >= 0.6 is 11.8 Å². The lowest BCUT2D eigenvalue weighted by atomic mass is 10.0. The zero-order valence-electron chi connectivity index (χ0n) is 18.5. The van der Waals surface area contributed by atoms with Crippen molar-refractivity contribution < 1.29 is 29.4 Å². The van der Waals surface area contributed by atoms with Crippen LogP contribution in [0.4, 0.5) is 0 Å². The molecule has 0 radical (unpaired) electrons. The molecule has 0 fully saturated rings. The quantitative estimate of drug-likeness (QED) is 0.232. The molecular weight excluding hydrogens is 436 g/mol. The molecule has 0 aliphatic heterocycles. The molecule has 3 amide bonds. The topological polar surface area (TPSA) is 171 Å². The van der Waals surface area contributed by atoms with E-state index in [0.29, 0.717) is 11.3 Å². The van der Waals surface area contributed by atoms with Crippen molar-refractivity contribution in [1.82, 2.24) is 16.0 Å². The Morgan fingerprint density at radius 1 is 1.03 bits per heavy atom. The maximum Gasteiger partial charge on any atom is 0.326 e. The number of thioether (sulfide) groups is 1. The Bertz CT molecular complexity index is 787. The number of aliphatic carboxylic acids is 1. The lowest BCUT2D eigenvalue weighted by Gasteiger charge is -2.22. The summed E-state index contributed by atoms with van der Waals surface area (Å²) in [7, 11) is 0. The SMILES string of the molecule is CSCCC(NC(=O)CNC(=O)C(Cc1ccc(O)cc1)NC(=O)C(N)C(C)C)C(=O)O. The summed E-state index contributed by atoms with van der Waals surface area (Å²) in [5, 5.41) is 26.1. The minimum absolute atomic E-state index is 0.0618. The molecule has 1 aromatic rings. The molecule has 3 atom stereocenters. The van der Waals surface area contributed by atoms with Gasteiger partial charge in [-0.3, -0.25) is 14.4 Å². The van der Waals surface area contributed by atoms with Gasteiger partial charge in [-0.15, -0.1) is 0 Å². The Morgan fingerprint density at radius 2 is 1.66 bits per heavy atom. The number of nitrogens with one attached hydrogen (secondary N) is 3. The Hall–Kier alpha value is -2.79. The number of rotatable bonds is 13. The first kappa shape index (κ1) is 27.2. The predicted molar refractivity (Wildman–Crippen MR) is 122 cm³/mol. The summed E-state index contributed by atoms with van der Waals surface area (Å²) in [6, 6.07) is 3.25. The third kappa shape index (κ3) is 9.56. The summed E-state index contributed by atoms with van der Waals surface area (Å²) in [4.78, 5) is 48.5. The first-order valence-corrected chi connectivity index (χ1v) is 11.6.